The number of phosphoric ester groups is 1. The summed E-state index contributed by atoms with van der Waals surface area (Å²) in [6.45, 7) is 0.754. The third-order valence-electron chi connectivity index (χ3n) is 7.75. The predicted octanol–water partition coefficient (Wildman–Crippen LogP) is 3.46. The monoisotopic (exact) mass is 744 g/mol. The Labute approximate surface area is 299 Å². The Kier molecular flexibility index (Phi) is 14.3. The van der Waals surface area contributed by atoms with Gasteiger partial charge in [0.2, 0.25) is 11.8 Å². The summed E-state index contributed by atoms with van der Waals surface area (Å²) in [5, 5.41) is 42.1. The Morgan fingerprint density at radius 3 is 2.24 bits per heavy atom. The lowest BCUT2D eigenvalue weighted by atomic mass is 9.85. The Morgan fingerprint density at radius 1 is 0.882 bits per heavy atom. The molecule has 0 fully saturated rings. The first-order valence-corrected chi connectivity index (χ1v) is 18.2. The number of rotatable bonds is 18. The number of carboxylic acids is 1. The molecule has 274 valence electrons. The molecule has 2 aromatic rings. The number of aromatic carboxylic acids is 1. The number of benzene rings is 2. The van der Waals surface area contributed by atoms with Crippen LogP contribution in [-0.2, 0) is 18.7 Å². The van der Waals surface area contributed by atoms with Crippen LogP contribution in [0.25, 0.3) is 5.57 Å². The van der Waals surface area contributed by atoms with Crippen LogP contribution in [0.3, 0.4) is 0 Å². The van der Waals surface area contributed by atoms with Gasteiger partial charge in [0, 0.05) is 60.9 Å². The van der Waals surface area contributed by atoms with E-state index in [1.807, 2.05) is 0 Å². The fourth-order valence-electron chi connectivity index (χ4n) is 5.38. The molecule has 1 unspecified atom stereocenters. The molecule has 0 spiro atoms. The molecule has 4 rings (SSSR count). The number of unbranched alkanes of at least 4 members (excludes halogenated alkanes) is 3. The largest absolute Gasteiger partial charge is 0.508 e. The van der Waals surface area contributed by atoms with Crippen LogP contribution in [0.15, 0.2) is 66.0 Å². The van der Waals surface area contributed by atoms with E-state index in [1.165, 1.54) is 24.3 Å². The van der Waals surface area contributed by atoms with Gasteiger partial charge in [0.1, 0.15) is 17.3 Å². The van der Waals surface area contributed by atoms with E-state index in [-0.39, 0.29) is 49.1 Å². The molecule has 1 aliphatic heterocycles. The number of thiocarbonyl (C=S) groups is 1. The fourth-order valence-corrected chi connectivity index (χ4v) is 5.93. The van der Waals surface area contributed by atoms with Gasteiger partial charge in [-0.2, -0.15) is 0 Å². The van der Waals surface area contributed by atoms with Crippen LogP contribution in [-0.4, -0.2) is 80.3 Å². The van der Waals surface area contributed by atoms with E-state index in [9.17, 15) is 34.3 Å². The molecule has 2 amide bonds. The van der Waals surface area contributed by atoms with Gasteiger partial charge in [0.05, 0.1) is 18.3 Å². The molecule has 1 atom stereocenters. The van der Waals surface area contributed by atoms with Crippen molar-refractivity contribution in [2.45, 2.75) is 51.0 Å². The zero-order valence-electron chi connectivity index (χ0n) is 27.6. The SMILES string of the molecule is O=C(CCCCC(=O)NCCOP(=O)(O)O)NCCCCCNC(=S)Nc1ccc(C2=C3C=CC(O)C=C3Oc3cc(O)ccc32)c(C(=O)O)c1. The molecule has 1 aliphatic carbocycles. The van der Waals surface area contributed by atoms with Gasteiger partial charge in [-0.05, 0) is 80.2 Å². The second-order valence-corrected chi connectivity index (χ2v) is 13.3. The van der Waals surface area contributed by atoms with Gasteiger partial charge in [0.25, 0.3) is 0 Å². The molecule has 1 heterocycles. The van der Waals surface area contributed by atoms with Crippen LogP contribution in [0.2, 0.25) is 0 Å². The number of ether oxygens (including phenoxy) is 1. The molecule has 0 saturated heterocycles. The third kappa shape index (κ3) is 12.3. The fraction of sp³-hybridized carbons (Fsp3) is 0.353. The van der Waals surface area contributed by atoms with E-state index in [4.69, 9.17) is 26.7 Å². The number of aliphatic hydroxyl groups is 1. The summed E-state index contributed by atoms with van der Waals surface area (Å²) in [4.78, 5) is 53.4. The number of hydrogen-bond acceptors (Lipinski definition) is 9. The summed E-state index contributed by atoms with van der Waals surface area (Å²) in [6, 6.07) is 9.48. The third-order valence-corrected chi connectivity index (χ3v) is 8.52. The van der Waals surface area contributed by atoms with Crippen molar-refractivity contribution in [3.63, 3.8) is 0 Å². The molecule has 2 aromatic carbocycles. The van der Waals surface area contributed by atoms with E-state index in [0.29, 0.717) is 70.5 Å². The van der Waals surface area contributed by atoms with Crippen molar-refractivity contribution in [2.24, 2.45) is 0 Å². The highest BCUT2D eigenvalue weighted by Gasteiger charge is 2.29. The molecule has 15 nitrogen and oxygen atoms in total. The summed E-state index contributed by atoms with van der Waals surface area (Å²) in [6.07, 6.45) is 7.75. The summed E-state index contributed by atoms with van der Waals surface area (Å²) in [5.74, 6) is -0.879. The van der Waals surface area contributed by atoms with Crippen molar-refractivity contribution in [1.29, 1.82) is 0 Å². The van der Waals surface area contributed by atoms with Crippen molar-refractivity contribution >= 4 is 54.2 Å². The maximum atomic E-state index is 12.5. The Balaban J connectivity index is 1.17. The van der Waals surface area contributed by atoms with Crippen LogP contribution in [0.5, 0.6) is 11.5 Å². The number of amides is 2. The van der Waals surface area contributed by atoms with Crippen LogP contribution in [0.1, 0.15) is 66.4 Å². The van der Waals surface area contributed by atoms with Gasteiger partial charge in [-0.3, -0.25) is 14.1 Å². The number of anilines is 1. The second-order valence-electron chi connectivity index (χ2n) is 11.7. The highest BCUT2D eigenvalue weighted by Crippen LogP contribution is 2.45. The van der Waals surface area contributed by atoms with Crippen molar-refractivity contribution in [3.05, 3.63) is 82.6 Å². The molecule has 0 saturated carbocycles. The summed E-state index contributed by atoms with van der Waals surface area (Å²) in [7, 11) is -4.55. The van der Waals surface area contributed by atoms with Gasteiger partial charge < -0.3 is 51.1 Å². The van der Waals surface area contributed by atoms with E-state index >= 15 is 0 Å². The minimum absolute atomic E-state index is 0.0155. The lowest BCUT2D eigenvalue weighted by Gasteiger charge is -2.28. The molecule has 17 heteroatoms. The zero-order chi connectivity index (χ0) is 37.0. The highest BCUT2D eigenvalue weighted by molar-refractivity contribution is 7.80. The number of phenolic OH excluding ortho intramolecular Hbond substituents is 1. The first kappa shape index (κ1) is 39.2. The number of phenols is 1. The number of carbonyl (C=O) groups is 3. The lowest BCUT2D eigenvalue weighted by molar-refractivity contribution is -0.123. The van der Waals surface area contributed by atoms with Crippen LogP contribution >= 0.6 is 20.0 Å². The first-order valence-electron chi connectivity index (χ1n) is 16.3. The molecule has 51 heavy (non-hydrogen) atoms. The van der Waals surface area contributed by atoms with E-state index in [2.05, 4.69) is 25.8 Å². The number of carboxylic acid groups (broad SMARTS) is 1. The predicted molar refractivity (Wildman–Crippen MR) is 192 cm³/mol. The maximum Gasteiger partial charge on any atom is 0.469 e. The standard InChI is InChI=1S/C34H41N4O11PS/c39-22-9-12-25-28(19-22)49-29-20-23(40)10-13-26(29)32(25)24-11-8-21(18-27(24)33(43)44)38-34(51)37-15-5-1-4-14-35-30(41)6-2-3-7-31(42)36-16-17-48-50(45,46)47/h8-13,18-20,22,39-40H,1-7,14-17H2,(H,35,41)(H,36,42)(H,43,44)(H2,37,38,51)(H2,45,46,47). The Bertz CT molecular complexity index is 1770. The van der Waals surface area contributed by atoms with E-state index in [0.717, 1.165) is 19.3 Å². The number of nitrogens with one attached hydrogen (secondary N) is 4. The van der Waals surface area contributed by atoms with Gasteiger partial charge >= 0.3 is 13.8 Å². The van der Waals surface area contributed by atoms with Gasteiger partial charge in [-0.1, -0.05) is 18.2 Å². The Hall–Kier alpha value is -4.57. The van der Waals surface area contributed by atoms with Gasteiger partial charge in [-0.15, -0.1) is 0 Å². The molecule has 9 N–H and O–H groups in total. The van der Waals surface area contributed by atoms with Crippen molar-refractivity contribution in [1.82, 2.24) is 16.0 Å². The van der Waals surface area contributed by atoms with Crippen LogP contribution in [0.4, 0.5) is 5.69 Å². The number of aliphatic hydroxyl groups excluding tert-OH is 1. The van der Waals surface area contributed by atoms with E-state index < -0.39 is 19.9 Å². The quantitative estimate of drug-likeness (QED) is 0.0604. The minimum Gasteiger partial charge on any atom is -0.508 e. The van der Waals surface area contributed by atoms with Crippen LogP contribution in [0, 0.1) is 0 Å². The number of carbonyl (C=O) groups excluding carboxylic acids is 2. The normalized spacial score (nSPS) is 14.8. The van der Waals surface area contributed by atoms with Crippen molar-refractivity contribution in [3.8, 4) is 11.5 Å². The van der Waals surface area contributed by atoms with Crippen LogP contribution < -0.4 is 26.0 Å². The second kappa shape index (κ2) is 18.6. The first-order chi connectivity index (χ1) is 24.3. The zero-order valence-corrected chi connectivity index (χ0v) is 29.3. The van der Waals surface area contributed by atoms with Crippen molar-refractivity contribution < 1.29 is 53.3 Å². The number of fused-ring (bicyclic) bond motifs is 2. The van der Waals surface area contributed by atoms with E-state index in [1.54, 1.807) is 30.4 Å². The lowest BCUT2D eigenvalue weighted by Crippen LogP contribution is -2.29. The minimum atomic E-state index is -4.55. The summed E-state index contributed by atoms with van der Waals surface area (Å²) < 4.78 is 20.8. The van der Waals surface area contributed by atoms with Gasteiger partial charge in [0.15, 0.2) is 5.11 Å². The molecule has 0 aromatic heterocycles. The maximum absolute atomic E-state index is 12.5. The number of aromatic hydroxyl groups is 1. The Morgan fingerprint density at radius 2 is 1.55 bits per heavy atom. The average molecular weight is 745 g/mol. The average Bonchev–Trinajstić information content (AvgIpc) is 3.06. The molecular formula is C34H41N4O11PS. The molecular weight excluding hydrogens is 703 g/mol. The smallest absolute Gasteiger partial charge is 0.469 e. The summed E-state index contributed by atoms with van der Waals surface area (Å²) in [5.41, 5.74) is 2.68. The number of hydrogen-bond donors (Lipinski definition) is 9. The number of allylic oxidation sites excluding steroid dienone is 1. The molecule has 2 aliphatic rings. The summed E-state index contributed by atoms with van der Waals surface area (Å²) >= 11 is 5.42. The van der Waals surface area contributed by atoms with Crippen molar-refractivity contribution in [2.75, 3.05) is 31.6 Å². The van der Waals surface area contributed by atoms with Gasteiger partial charge in [-0.25, -0.2) is 9.36 Å². The highest BCUT2D eigenvalue weighted by atomic mass is 32.1. The topological polar surface area (TPSA) is 236 Å². The molecule has 0 radical (unpaired) electrons. The molecule has 0 bridgehead atoms. The number of phosphoric acid groups is 1.